The van der Waals surface area contributed by atoms with Gasteiger partial charge in [-0.3, -0.25) is 9.55 Å². The van der Waals surface area contributed by atoms with Crippen molar-refractivity contribution in [2.75, 3.05) is 0 Å². The summed E-state index contributed by atoms with van der Waals surface area (Å²) in [6.45, 7) is 4.30. The van der Waals surface area contributed by atoms with E-state index in [2.05, 4.69) is 163 Å². The fourth-order valence-corrected chi connectivity index (χ4v) is 8.24. The summed E-state index contributed by atoms with van der Waals surface area (Å²) >= 11 is 0. The first-order valence-electron chi connectivity index (χ1n) is 19.5. The summed E-state index contributed by atoms with van der Waals surface area (Å²) in [7, 11) is 0. The molecule has 10 rings (SSSR count). The van der Waals surface area contributed by atoms with Gasteiger partial charge in [-0.25, -0.2) is 4.98 Å². The van der Waals surface area contributed by atoms with Crippen molar-refractivity contribution in [3.63, 3.8) is 0 Å². The molecular formula is C53H37N5. The number of hydrogen-bond donors (Lipinski definition) is 1. The Bertz CT molecular complexity index is 3190. The second-order valence-corrected chi connectivity index (χ2v) is 14.7. The van der Waals surface area contributed by atoms with E-state index in [-0.39, 0.29) is 0 Å². The molecule has 0 aliphatic carbocycles. The summed E-state index contributed by atoms with van der Waals surface area (Å²) < 4.78 is 2.33. The van der Waals surface area contributed by atoms with Crippen LogP contribution in [-0.2, 0) is 0 Å². The second-order valence-electron chi connectivity index (χ2n) is 14.7. The maximum Gasteiger partial charge on any atom is 0.147 e. The van der Waals surface area contributed by atoms with Gasteiger partial charge < -0.3 is 4.98 Å². The van der Waals surface area contributed by atoms with Gasteiger partial charge in [0, 0.05) is 45.1 Å². The van der Waals surface area contributed by atoms with Crippen LogP contribution in [0.1, 0.15) is 16.8 Å². The van der Waals surface area contributed by atoms with Gasteiger partial charge in [-0.2, -0.15) is 5.26 Å². The Kier molecular flexibility index (Phi) is 8.58. The number of hydrogen-bond acceptors (Lipinski definition) is 3. The molecule has 0 amide bonds. The number of benzene rings is 7. The molecule has 58 heavy (non-hydrogen) atoms. The number of aromatic amines is 1. The lowest BCUT2D eigenvalue weighted by atomic mass is 9.93. The summed E-state index contributed by atoms with van der Waals surface area (Å²) in [5.41, 5.74) is 17.8. The molecule has 0 aliphatic rings. The van der Waals surface area contributed by atoms with Crippen LogP contribution in [0.4, 0.5) is 0 Å². The molecule has 0 saturated carbocycles. The summed E-state index contributed by atoms with van der Waals surface area (Å²) in [5.74, 6) is 0.856. The fourth-order valence-electron chi connectivity index (χ4n) is 8.24. The average molecular weight is 744 g/mol. The summed E-state index contributed by atoms with van der Waals surface area (Å²) in [6, 6.07) is 63.4. The van der Waals surface area contributed by atoms with Gasteiger partial charge in [0.15, 0.2) is 0 Å². The van der Waals surface area contributed by atoms with E-state index < -0.39 is 0 Å². The third-order valence-corrected chi connectivity index (χ3v) is 11.3. The summed E-state index contributed by atoms with van der Waals surface area (Å²) in [6.07, 6.45) is 1.82. The Labute approximate surface area is 337 Å². The fraction of sp³-hybridized carbons (Fsp3) is 0.0377. The van der Waals surface area contributed by atoms with Gasteiger partial charge in [0.05, 0.1) is 39.6 Å². The molecule has 3 heterocycles. The zero-order valence-electron chi connectivity index (χ0n) is 32.1. The highest BCUT2D eigenvalue weighted by Crippen LogP contribution is 2.41. The maximum absolute atomic E-state index is 10.3. The van der Waals surface area contributed by atoms with Gasteiger partial charge in [-0.05, 0) is 89.7 Å². The minimum Gasteiger partial charge on any atom is -0.358 e. The van der Waals surface area contributed by atoms with Gasteiger partial charge in [0.25, 0.3) is 0 Å². The van der Waals surface area contributed by atoms with Crippen molar-refractivity contribution in [1.82, 2.24) is 19.5 Å². The van der Waals surface area contributed by atoms with Crippen molar-refractivity contribution in [3.8, 4) is 78.9 Å². The number of imidazole rings is 1. The number of nitrogens with zero attached hydrogens (tertiary/aromatic N) is 4. The molecule has 274 valence electrons. The SMILES string of the molecule is Cc1[nH]c2c(-c3nc4c(-c5cc(-c6ccccc6)cc(-c6cc(C#N)c(-c7ccccc7)cn6)c5)cccc4n3-c3ccccc3-c3ccccc3)cccc2c1C. The lowest BCUT2D eigenvalue weighted by Gasteiger charge is -2.15. The van der Waals surface area contributed by atoms with Crippen LogP contribution in [0.2, 0.25) is 0 Å². The van der Waals surface area contributed by atoms with Crippen LogP contribution in [0.25, 0.3) is 94.8 Å². The van der Waals surface area contributed by atoms with E-state index in [4.69, 9.17) is 9.97 Å². The van der Waals surface area contributed by atoms with Gasteiger partial charge in [-0.15, -0.1) is 0 Å². The number of para-hydroxylation sites is 3. The van der Waals surface area contributed by atoms with Crippen LogP contribution in [0.15, 0.2) is 182 Å². The molecule has 0 radical (unpaired) electrons. The Morgan fingerprint density at radius 3 is 1.88 bits per heavy atom. The van der Waals surface area contributed by atoms with Crippen molar-refractivity contribution < 1.29 is 0 Å². The Hall–Kier alpha value is -7.81. The number of rotatable bonds is 7. The smallest absolute Gasteiger partial charge is 0.147 e. The van der Waals surface area contributed by atoms with Crippen LogP contribution < -0.4 is 0 Å². The molecule has 0 saturated heterocycles. The van der Waals surface area contributed by atoms with E-state index in [1.54, 1.807) is 0 Å². The Balaban J connectivity index is 1.24. The third kappa shape index (κ3) is 5.96. The zero-order valence-corrected chi connectivity index (χ0v) is 32.1. The van der Waals surface area contributed by atoms with Crippen LogP contribution >= 0.6 is 0 Å². The largest absolute Gasteiger partial charge is 0.358 e. The monoisotopic (exact) mass is 743 g/mol. The molecule has 0 fully saturated rings. The lowest BCUT2D eigenvalue weighted by Crippen LogP contribution is -2.00. The van der Waals surface area contributed by atoms with Crippen molar-refractivity contribution in [3.05, 3.63) is 199 Å². The number of fused-ring (bicyclic) bond motifs is 2. The first kappa shape index (κ1) is 34.7. The Morgan fingerprint density at radius 1 is 0.534 bits per heavy atom. The molecule has 0 aliphatic heterocycles. The number of H-pyrrole nitrogens is 1. The summed E-state index contributed by atoms with van der Waals surface area (Å²) in [5, 5.41) is 11.5. The first-order valence-corrected chi connectivity index (χ1v) is 19.5. The minimum atomic E-state index is 0.578. The van der Waals surface area contributed by atoms with E-state index in [0.717, 1.165) is 95.1 Å². The van der Waals surface area contributed by atoms with E-state index >= 15 is 0 Å². The maximum atomic E-state index is 10.3. The second kappa shape index (κ2) is 14.4. The van der Waals surface area contributed by atoms with Gasteiger partial charge in [0.1, 0.15) is 5.82 Å². The highest BCUT2D eigenvalue weighted by molar-refractivity contribution is 6.02. The highest BCUT2D eigenvalue weighted by Gasteiger charge is 2.23. The van der Waals surface area contributed by atoms with Crippen LogP contribution in [0, 0.1) is 25.2 Å². The van der Waals surface area contributed by atoms with Crippen molar-refractivity contribution in [2.45, 2.75) is 13.8 Å². The predicted molar refractivity (Wildman–Crippen MR) is 238 cm³/mol. The van der Waals surface area contributed by atoms with Gasteiger partial charge in [-0.1, -0.05) is 133 Å². The van der Waals surface area contributed by atoms with Crippen molar-refractivity contribution in [1.29, 1.82) is 5.26 Å². The van der Waals surface area contributed by atoms with Crippen LogP contribution in [0.3, 0.4) is 0 Å². The van der Waals surface area contributed by atoms with Crippen LogP contribution in [-0.4, -0.2) is 19.5 Å². The average Bonchev–Trinajstić information content (AvgIpc) is 3.83. The van der Waals surface area contributed by atoms with E-state index in [1.165, 1.54) is 10.9 Å². The number of nitriles is 1. The third-order valence-electron chi connectivity index (χ3n) is 11.3. The molecule has 7 aromatic carbocycles. The van der Waals surface area contributed by atoms with Crippen molar-refractivity contribution in [2.24, 2.45) is 0 Å². The number of aryl methyl sites for hydroxylation is 2. The number of nitrogens with one attached hydrogen (secondary N) is 1. The molecule has 5 nitrogen and oxygen atoms in total. The summed E-state index contributed by atoms with van der Waals surface area (Å²) in [4.78, 5) is 14.3. The molecule has 1 N–H and O–H groups in total. The standard InChI is InChI=1S/C53H37N5/c1-34-35(2)56-51-43(34)23-14-25-46(51)53-57-52-45(24-15-27-50(52)58(53)49-26-13-12-22-44(49)37-18-8-4-9-19-37)40-28-39(36-16-6-3-7-17-36)29-41(30-40)48-31-42(32-54)47(33-55-48)38-20-10-5-11-21-38/h3-31,33,56H,1-2H3. The quantitative estimate of drug-likeness (QED) is 0.177. The molecule has 3 aromatic heterocycles. The molecular weight excluding hydrogens is 707 g/mol. The zero-order chi connectivity index (χ0) is 39.2. The molecule has 0 spiro atoms. The van der Waals surface area contributed by atoms with E-state index in [1.807, 2.05) is 48.7 Å². The molecule has 0 atom stereocenters. The molecule has 10 aromatic rings. The highest BCUT2D eigenvalue weighted by atomic mass is 15.1. The van der Waals surface area contributed by atoms with Crippen molar-refractivity contribution >= 4 is 21.9 Å². The minimum absolute atomic E-state index is 0.578. The van der Waals surface area contributed by atoms with E-state index in [9.17, 15) is 5.26 Å². The lowest BCUT2D eigenvalue weighted by molar-refractivity contribution is 1.10. The first-order chi connectivity index (χ1) is 28.6. The number of pyridine rings is 1. The Morgan fingerprint density at radius 2 is 1.14 bits per heavy atom. The van der Waals surface area contributed by atoms with Gasteiger partial charge in [0.2, 0.25) is 0 Å². The number of aromatic nitrogens is 4. The predicted octanol–water partition coefficient (Wildman–Crippen LogP) is 13.4. The normalized spacial score (nSPS) is 11.3. The molecule has 0 bridgehead atoms. The topological polar surface area (TPSA) is 70.3 Å². The molecule has 0 unspecified atom stereocenters. The van der Waals surface area contributed by atoms with Crippen LogP contribution in [0.5, 0.6) is 0 Å². The molecule has 5 heteroatoms. The van der Waals surface area contributed by atoms with E-state index in [0.29, 0.717) is 5.56 Å². The van der Waals surface area contributed by atoms with Gasteiger partial charge >= 0.3 is 0 Å².